The van der Waals surface area contributed by atoms with Crippen molar-refractivity contribution in [2.24, 2.45) is 0 Å². The molecule has 1 atom stereocenters. The Labute approximate surface area is 145 Å². The van der Waals surface area contributed by atoms with E-state index >= 15 is 0 Å². The molecule has 0 radical (unpaired) electrons. The minimum absolute atomic E-state index is 0.0574. The standard InChI is InChI=1S/C21H18O4/c1-23-14-8-6-13(7-9-14)17-12-20(22)25-19-11-10-15-16(21(17)19)4-3-5-18(15)24-2/h3-11,17H,12H2,1-2H3/t17-/m1/s1. The molecule has 4 heteroatoms. The molecule has 3 aromatic carbocycles. The van der Waals surface area contributed by atoms with Gasteiger partial charge in [-0.05, 0) is 41.3 Å². The van der Waals surface area contributed by atoms with E-state index in [1.807, 2.05) is 54.6 Å². The summed E-state index contributed by atoms with van der Waals surface area (Å²) in [5.41, 5.74) is 2.09. The van der Waals surface area contributed by atoms with Crippen LogP contribution in [0, 0.1) is 0 Å². The van der Waals surface area contributed by atoms with Crippen LogP contribution in [0.1, 0.15) is 23.5 Å². The molecule has 25 heavy (non-hydrogen) atoms. The monoisotopic (exact) mass is 334 g/mol. The first-order valence-electron chi connectivity index (χ1n) is 8.15. The predicted octanol–water partition coefficient (Wildman–Crippen LogP) is 4.30. The van der Waals surface area contributed by atoms with Crippen LogP contribution >= 0.6 is 0 Å². The van der Waals surface area contributed by atoms with Gasteiger partial charge in [-0.15, -0.1) is 0 Å². The van der Waals surface area contributed by atoms with Gasteiger partial charge in [0.25, 0.3) is 0 Å². The molecule has 0 bridgehead atoms. The minimum atomic E-state index is -0.212. The topological polar surface area (TPSA) is 44.8 Å². The number of fused-ring (bicyclic) bond motifs is 3. The number of carbonyl (C=O) groups is 1. The largest absolute Gasteiger partial charge is 0.497 e. The molecule has 0 aliphatic carbocycles. The number of hydrogen-bond donors (Lipinski definition) is 0. The van der Waals surface area contributed by atoms with E-state index in [4.69, 9.17) is 14.2 Å². The number of esters is 1. The maximum absolute atomic E-state index is 12.1. The smallest absolute Gasteiger partial charge is 0.312 e. The SMILES string of the molecule is COc1ccc([C@H]2CC(=O)Oc3ccc4c(OC)cccc4c32)cc1. The van der Waals surface area contributed by atoms with Gasteiger partial charge in [-0.3, -0.25) is 4.79 Å². The Morgan fingerprint density at radius 3 is 2.44 bits per heavy atom. The molecule has 1 aliphatic heterocycles. The van der Waals surface area contributed by atoms with E-state index in [0.717, 1.165) is 33.4 Å². The quantitative estimate of drug-likeness (QED) is 0.529. The molecule has 0 unspecified atom stereocenters. The lowest BCUT2D eigenvalue weighted by molar-refractivity contribution is -0.135. The van der Waals surface area contributed by atoms with Crippen molar-refractivity contribution in [3.63, 3.8) is 0 Å². The van der Waals surface area contributed by atoms with Crippen LogP contribution in [-0.4, -0.2) is 20.2 Å². The fourth-order valence-corrected chi connectivity index (χ4v) is 3.51. The molecule has 0 fully saturated rings. The zero-order valence-electron chi connectivity index (χ0n) is 14.1. The number of methoxy groups -OCH3 is 2. The number of ether oxygens (including phenoxy) is 3. The zero-order valence-corrected chi connectivity index (χ0v) is 14.1. The molecule has 0 aromatic heterocycles. The summed E-state index contributed by atoms with van der Waals surface area (Å²) in [7, 11) is 3.30. The van der Waals surface area contributed by atoms with Crippen LogP contribution in [-0.2, 0) is 4.79 Å². The predicted molar refractivity (Wildman–Crippen MR) is 95.6 cm³/mol. The molecule has 4 nitrogen and oxygen atoms in total. The highest BCUT2D eigenvalue weighted by molar-refractivity contribution is 5.95. The number of rotatable bonds is 3. The molecule has 0 N–H and O–H groups in total. The summed E-state index contributed by atoms with van der Waals surface area (Å²) >= 11 is 0. The Balaban J connectivity index is 1.93. The van der Waals surface area contributed by atoms with Crippen molar-refractivity contribution in [3.8, 4) is 17.2 Å². The summed E-state index contributed by atoms with van der Waals surface area (Å²) in [6, 6.07) is 17.6. The third kappa shape index (κ3) is 2.60. The van der Waals surface area contributed by atoms with Gasteiger partial charge >= 0.3 is 5.97 Å². The molecule has 0 saturated heterocycles. The summed E-state index contributed by atoms with van der Waals surface area (Å²) < 4.78 is 16.2. The van der Waals surface area contributed by atoms with Crippen molar-refractivity contribution in [2.45, 2.75) is 12.3 Å². The van der Waals surface area contributed by atoms with E-state index in [2.05, 4.69) is 0 Å². The average Bonchev–Trinajstić information content (AvgIpc) is 2.66. The Morgan fingerprint density at radius 1 is 0.920 bits per heavy atom. The van der Waals surface area contributed by atoms with Crippen LogP contribution in [0.2, 0.25) is 0 Å². The van der Waals surface area contributed by atoms with E-state index in [0.29, 0.717) is 12.2 Å². The fourth-order valence-electron chi connectivity index (χ4n) is 3.51. The van der Waals surface area contributed by atoms with Crippen molar-refractivity contribution < 1.29 is 19.0 Å². The summed E-state index contributed by atoms with van der Waals surface area (Å²) in [5.74, 6) is 1.96. The van der Waals surface area contributed by atoms with Crippen molar-refractivity contribution in [3.05, 3.63) is 65.7 Å². The van der Waals surface area contributed by atoms with Crippen LogP contribution in [0.3, 0.4) is 0 Å². The maximum Gasteiger partial charge on any atom is 0.312 e. The molecule has 0 saturated carbocycles. The van der Waals surface area contributed by atoms with E-state index in [1.54, 1.807) is 14.2 Å². The highest BCUT2D eigenvalue weighted by atomic mass is 16.5. The molecule has 3 aromatic rings. The Kier molecular flexibility index (Phi) is 3.80. The van der Waals surface area contributed by atoms with E-state index in [9.17, 15) is 4.79 Å². The second-order valence-electron chi connectivity index (χ2n) is 6.04. The van der Waals surface area contributed by atoms with Gasteiger partial charge in [0.1, 0.15) is 17.2 Å². The first-order chi connectivity index (χ1) is 12.2. The third-order valence-corrected chi connectivity index (χ3v) is 4.70. The molecule has 0 amide bonds. The molecule has 1 heterocycles. The molecular weight excluding hydrogens is 316 g/mol. The minimum Gasteiger partial charge on any atom is -0.497 e. The van der Waals surface area contributed by atoms with Gasteiger partial charge in [0.2, 0.25) is 0 Å². The van der Waals surface area contributed by atoms with E-state index < -0.39 is 0 Å². The van der Waals surface area contributed by atoms with Crippen molar-refractivity contribution >= 4 is 16.7 Å². The lowest BCUT2D eigenvalue weighted by atomic mass is 9.83. The van der Waals surface area contributed by atoms with Gasteiger partial charge in [-0.1, -0.05) is 24.3 Å². The van der Waals surface area contributed by atoms with Crippen LogP contribution in [0.5, 0.6) is 17.2 Å². The van der Waals surface area contributed by atoms with Gasteiger partial charge in [0.05, 0.1) is 20.6 Å². The molecule has 4 rings (SSSR count). The number of hydrogen-bond acceptors (Lipinski definition) is 4. The van der Waals surface area contributed by atoms with Gasteiger partial charge in [-0.2, -0.15) is 0 Å². The van der Waals surface area contributed by atoms with Gasteiger partial charge in [0, 0.05) is 16.9 Å². The normalized spacial score (nSPS) is 16.2. The summed E-state index contributed by atoms with van der Waals surface area (Å²) in [6.07, 6.45) is 0.315. The van der Waals surface area contributed by atoms with Crippen LogP contribution in [0.15, 0.2) is 54.6 Å². The lowest BCUT2D eigenvalue weighted by Crippen LogP contribution is -2.21. The first kappa shape index (κ1) is 15.5. The lowest BCUT2D eigenvalue weighted by Gasteiger charge is -2.27. The van der Waals surface area contributed by atoms with Crippen molar-refractivity contribution in [2.75, 3.05) is 14.2 Å². The van der Waals surface area contributed by atoms with Crippen LogP contribution in [0.25, 0.3) is 10.8 Å². The average molecular weight is 334 g/mol. The summed E-state index contributed by atoms with van der Waals surface area (Å²) in [5, 5.41) is 2.06. The van der Waals surface area contributed by atoms with Crippen molar-refractivity contribution in [1.82, 2.24) is 0 Å². The zero-order chi connectivity index (χ0) is 17.4. The van der Waals surface area contributed by atoms with Gasteiger partial charge in [-0.25, -0.2) is 0 Å². The molecule has 126 valence electrons. The molecular formula is C21H18O4. The summed E-state index contributed by atoms with van der Waals surface area (Å²) in [6.45, 7) is 0. The number of carbonyl (C=O) groups excluding carboxylic acids is 1. The van der Waals surface area contributed by atoms with Crippen molar-refractivity contribution in [1.29, 1.82) is 0 Å². The second kappa shape index (κ2) is 6.13. The number of benzene rings is 3. The summed E-state index contributed by atoms with van der Waals surface area (Å²) in [4.78, 5) is 12.1. The molecule has 0 spiro atoms. The van der Waals surface area contributed by atoms with Gasteiger partial charge in [0.15, 0.2) is 0 Å². The van der Waals surface area contributed by atoms with E-state index in [1.165, 1.54) is 0 Å². The first-order valence-corrected chi connectivity index (χ1v) is 8.15. The van der Waals surface area contributed by atoms with Crippen LogP contribution in [0.4, 0.5) is 0 Å². The fraction of sp³-hybridized carbons (Fsp3) is 0.190. The Bertz CT molecular complexity index is 944. The maximum atomic E-state index is 12.1. The Morgan fingerprint density at radius 2 is 1.72 bits per heavy atom. The third-order valence-electron chi connectivity index (χ3n) is 4.70. The van der Waals surface area contributed by atoms with Crippen LogP contribution < -0.4 is 14.2 Å². The highest BCUT2D eigenvalue weighted by Gasteiger charge is 2.30. The van der Waals surface area contributed by atoms with Gasteiger partial charge < -0.3 is 14.2 Å². The van der Waals surface area contributed by atoms with E-state index in [-0.39, 0.29) is 11.9 Å². The second-order valence-corrected chi connectivity index (χ2v) is 6.04. The highest BCUT2D eigenvalue weighted by Crippen LogP contribution is 2.44. The molecule has 1 aliphatic rings. The Hall–Kier alpha value is -3.01.